The van der Waals surface area contributed by atoms with E-state index >= 15 is 0 Å². The second-order valence-corrected chi connectivity index (χ2v) is 4.42. The Bertz CT molecular complexity index is 989. The molecule has 0 saturated heterocycles. The van der Waals surface area contributed by atoms with Crippen LogP contribution in [-0.4, -0.2) is 19.2 Å². The second-order valence-electron chi connectivity index (χ2n) is 4.42. The van der Waals surface area contributed by atoms with Crippen molar-refractivity contribution in [3.63, 3.8) is 0 Å². The molecule has 99 valence electrons. The molecule has 20 heavy (non-hydrogen) atoms. The minimum atomic E-state index is 0. The van der Waals surface area contributed by atoms with Crippen LogP contribution in [0.3, 0.4) is 0 Å². The molecule has 3 aromatic heterocycles. The fourth-order valence-corrected chi connectivity index (χ4v) is 2.47. The summed E-state index contributed by atoms with van der Waals surface area (Å²) >= 11 is 0. The summed E-state index contributed by atoms with van der Waals surface area (Å²) in [6, 6.07) is 12.8. The summed E-state index contributed by atoms with van der Waals surface area (Å²) in [6.45, 7) is 2.03. The number of hydrogen-bond donors (Lipinski definition) is 0. The van der Waals surface area contributed by atoms with Crippen molar-refractivity contribution in [2.75, 3.05) is 0 Å². The molecule has 0 atom stereocenters. The molecule has 0 aliphatic heterocycles. The number of nitriles is 1. The van der Waals surface area contributed by atoms with E-state index in [1.165, 1.54) is 0 Å². The zero-order valence-electron chi connectivity index (χ0n) is 10.5. The van der Waals surface area contributed by atoms with Crippen LogP contribution in [0.1, 0.15) is 11.3 Å². The van der Waals surface area contributed by atoms with E-state index in [1.807, 2.05) is 29.6 Å². The number of aromatic nitrogens is 4. The Kier molecular flexibility index (Phi) is 2.82. The molecule has 1 radical (unpaired) electrons. The average Bonchev–Trinajstić information content (AvgIpc) is 3.04. The first kappa shape index (κ1) is 12.8. The van der Waals surface area contributed by atoms with Gasteiger partial charge in [0.25, 0.3) is 0 Å². The molecule has 5 nitrogen and oxygen atoms in total. The third kappa shape index (κ3) is 1.51. The zero-order valence-corrected chi connectivity index (χ0v) is 12.9. The number of nitrogens with zero attached hydrogens (tertiary/aromatic N) is 5. The van der Waals surface area contributed by atoms with Crippen LogP contribution < -0.4 is 0 Å². The van der Waals surface area contributed by atoms with Crippen LogP contribution >= 0.6 is 0 Å². The third-order valence-electron chi connectivity index (χ3n) is 3.30. The Morgan fingerprint density at radius 1 is 1.25 bits per heavy atom. The third-order valence-corrected chi connectivity index (χ3v) is 3.30. The maximum absolute atomic E-state index is 9.03. The summed E-state index contributed by atoms with van der Waals surface area (Å²) in [5.74, 6) is 0. The van der Waals surface area contributed by atoms with E-state index in [0.29, 0.717) is 5.69 Å². The maximum Gasteiger partial charge on any atom is 0.163 e. The van der Waals surface area contributed by atoms with E-state index < -0.39 is 0 Å². The number of benzene rings is 1. The van der Waals surface area contributed by atoms with Gasteiger partial charge in [0.1, 0.15) is 6.07 Å². The van der Waals surface area contributed by atoms with Crippen molar-refractivity contribution in [1.82, 2.24) is 19.2 Å². The first-order valence-electron chi connectivity index (χ1n) is 5.86. The number of rotatable bonds is 0. The Morgan fingerprint density at radius 3 is 2.90 bits per heavy atom. The van der Waals surface area contributed by atoms with Gasteiger partial charge in [0.05, 0.1) is 11.0 Å². The zero-order chi connectivity index (χ0) is 13.0. The van der Waals surface area contributed by atoms with Crippen LogP contribution in [0.2, 0.25) is 0 Å². The van der Waals surface area contributed by atoms with E-state index in [2.05, 4.69) is 22.3 Å². The van der Waals surface area contributed by atoms with E-state index in [-0.39, 0.29) is 20.1 Å². The van der Waals surface area contributed by atoms with Gasteiger partial charge >= 0.3 is 0 Å². The number of aryl methyl sites for hydroxylation is 1. The molecule has 0 saturated carbocycles. The van der Waals surface area contributed by atoms with Crippen molar-refractivity contribution in [1.29, 1.82) is 5.26 Å². The molecule has 0 fully saturated rings. The Hall–Kier alpha value is -2.22. The molecule has 0 bridgehead atoms. The van der Waals surface area contributed by atoms with Crippen molar-refractivity contribution in [3.8, 4) is 6.07 Å². The minimum Gasteiger partial charge on any atom is -0.283 e. The van der Waals surface area contributed by atoms with Crippen LogP contribution in [0.5, 0.6) is 0 Å². The number of fused-ring (bicyclic) bond motifs is 6. The average molecular weight is 438 g/mol. The Morgan fingerprint density at radius 2 is 2.10 bits per heavy atom. The Balaban J connectivity index is 0.00000121. The summed E-state index contributed by atoms with van der Waals surface area (Å²) in [7, 11) is 0. The summed E-state index contributed by atoms with van der Waals surface area (Å²) in [4.78, 5) is 0. The van der Waals surface area contributed by atoms with Gasteiger partial charge in [0, 0.05) is 32.4 Å². The van der Waals surface area contributed by atoms with Crippen molar-refractivity contribution in [2.45, 2.75) is 6.92 Å². The van der Waals surface area contributed by atoms with E-state index in [9.17, 15) is 0 Å². The molecule has 0 unspecified atom stereocenters. The molecule has 0 spiro atoms. The number of hydrogen-bond acceptors (Lipinski definition) is 3. The maximum atomic E-state index is 9.03. The molecule has 4 aromatic rings. The normalized spacial score (nSPS) is 10.8. The SMILES string of the molecule is Cc1cc[c-]c2c1n1nccc1c1cc(C#N)nn21.[Ir]. The summed E-state index contributed by atoms with van der Waals surface area (Å²) in [6.07, 6.45) is 1.75. The molecule has 0 amide bonds. The van der Waals surface area contributed by atoms with Crippen molar-refractivity contribution >= 4 is 22.1 Å². The van der Waals surface area contributed by atoms with Gasteiger partial charge in [-0.2, -0.15) is 33.7 Å². The van der Waals surface area contributed by atoms with Crippen LogP contribution in [0.15, 0.2) is 30.5 Å². The van der Waals surface area contributed by atoms with E-state index in [1.54, 1.807) is 16.8 Å². The van der Waals surface area contributed by atoms with Crippen molar-refractivity contribution in [3.05, 3.63) is 47.8 Å². The first-order valence-corrected chi connectivity index (χ1v) is 5.86. The van der Waals surface area contributed by atoms with Crippen LogP contribution in [0.4, 0.5) is 0 Å². The van der Waals surface area contributed by atoms with Gasteiger partial charge in [-0.3, -0.25) is 9.03 Å². The molecule has 0 aliphatic carbocycles. The van der Waals surface area contributed by atoms with Gasteiger partial charge < -0.3 is 0 Å². The molecular formula is C14H8IrN5-. The molecule has 0 aliphatic rings. The molecule has 0 N–H and O–H groups in total. The second kappa shape index (κ2) is 4.41. The topological polar surface area (TPSA) is 58.4 Å². The standard InChI is InChI=1S/C14H8N5.Ir/c1-9-3-2-4-12-14(9)19-11(5-6-16-19)13-7-10(8-15)17-18(12)13;/h2-3,5-7H,1H3;/q-1;. The molecular weight excluding hydrogens is 430 g/mol. The quantitative estimate of drug-likeness (QED) is 0.395. The molecule has 4 rings (SSSR count). The molecule has 1 aromatic carbocycles. The van der Waals surface area contributed by atoms with Crippen LogP contribution in [0.25, 0.3) is 22.1 Å². The summed E-state index contributed by atoms with van der Waals surface area (Å²) in [5.41, 5.74) is 5.08. The van der Waals surface area contributed by atoms with Gasteiger partial charge in [-0.1, -0.05) is 6.92 Å². The van der Waals surface area contributed by atoms with Crippen LogP contribution in [0, 0.1) is 24.3 Å². The monoisotopic (exact) mass is 439 g/mol. The smallest absolute Gasteiger partial charge is 0.163 e. The van der Waals surface area contributed by atoms with E-state index in [0.717, 1.165) is 27.6 Å². The van der Waals surface area contributed by atoms with Gasteiger partial charge in [-0.05, 0) is 17.1 Å². The van der Waals surface area contributed by atoms with Crippen LogP contribution in [-0.2, 0) is 20.1 Å². The first-order chi connectivity index (χ1) is 9.29. The van der Waals surface area contributed by atoms with Gasteiger partial charge in [0.2, 0.25) is 0 Å². The largest absolute Gasteiger partial charge is 0.283 e. The molecule has 6 heteroatoms. The minimum absolute atomic E-state index is 0. The summed E-state index contributed by atoms with van der Waals surface area (Å²) < 4.78 is 3.64. The predicted molar refractivity (Wildman–Crippen MR) is 69.7 cm³/mol. The van der Waals surface area contributed by atoms with Gasteiger partial charge in [0.15, 0.2) is 5.69 Å². The Labute approximate surface area is 127 Å². The fraction of sp³-hybridized carbons (Fsp3) is 0.0714. The van der Waals surface area contributed by atoms with E-state index in [4.69, 9.17) is 5.26 Å². The fourth-order valence-electron chi connectivity index (χ4n) is 2.47. The van der Waals surface area contributed by atoms with Gasteiger partial charge in [-0.25, -0.2) is 0 Å². The predicted octanol–water partition coefficient (Wildman–Crippen LogP) is 2.11. The summed E-state index contributed by atoms with van der Waals surface area (Å²) in [5, 5.41) is 17.7. The van der Waals surface area contributed by atoms with Crippen molar-refractivity contribution < 1.29 is 20.1 Å². The van der Waals surface area contributed by atoms with Gasteiger partial charge in [-0.15, -0.1) is 5.56 Å². The van der Waals surface area contributed by atoms with Crippen molar-refractivity contribution in [2.24, 2.45) is 0 Å². The molecule has 3 heterocycles.